The largest absolute Gasteiger partial charge is 0.355 e. The summed E-state index contributed by atoms with van der Waals surface area (Å²) in [5.74, 6) is 0.200. The summed E-state index contributed by atoms with van der Waals surface area (Å²) in [4.78, 5) is 11.6. The molecule has 2 fully saturated rings. The predicted molar refractivity (Wildman–Crippen MR) is 60.6 cm³/mol. The fraction of sp³-hybridized carbons (Fsp3) is 0.917. The molecule has 2 aliphatic rings. The van der Waals surface area contributed by atoms with Gasteiger partial charge in [0.15, 0.2) is 0 Å². The molecule has 2 rings (SSSR count). The third-order valence-electron chi connectivity index (χ3n) is 3.69. The Morgan fingerprint density at radius 1 is 1.40 bits per heavy atom. The molecule has 0 aromatic carbocycles. The second-order valence-corrected chi connectivity index (χ2v) is 5.76. The molecule has 2 unspecified atom stereocenters. The van der Waals surface area contributed by atoms with Crippen LogP contribution in [0.1, 0.15) is 46.0 Å². The Bertz CT molecular complexity index is 250. The molecule has 15 heavy (non-hydrogen) atoms. The van der Waals surface area contributed by atoms with Crippen molar-refractivity contribution >= 4 is 5.91 Å². The number of nitrogens with one attached hydrogen (secondary N) is 2. The summed E-state index contributed by atoms with van der Waals surface area (Å²) in [7, 11) is 0. The van der Waals surface area contributed by atoms with Gasteiger partial charge in [-0.1, -0.05) is 13.8 Å². The molecule has 0 spiro atoms. The summed E-state index contributed by atoms with van der Waals surface area (Å²) in [6.07, 6.45) is 5.81. The Morgan fingerprint density at radius 3 is 2.80 bits per heavy atom. The van der Waals surface area contributed by atoms with E-state index in [0.717, 1.165) is 19.4 Å². The molecule has 1 heterocycles. The van der Waals surface area contributed by atoms with Gasteiger partial charge in [-0.2, -0.15) is 0 Å². The summed E-state index contributed by atoms with van der Waals surface area (Å²) in [6.45, 7) is 5.48. The summed E-state index contributed by atoms with van der Waals surface area (Å²) in [5.41, 5.74) is 0.461. The lowest BCUT2D eigenvalue weighted by molar-refractivity contribution is -0.124. The van der Waals surface area contributed by atoms with Gasteiger partial charge in [-0.25, -0.2) is 0 Å². The minimum atomic E-state index is 0.0673. The first-order valence-corrected chi connectivity index (χ1v) is 6.11. The highest BCUT2D eigenvalue weighted by atomic mass is 16.2. The zero-order chi connectivity index (χ0) is 10.9. The number of piperidine rings is 1. The van der Waals surface area contributed by atoms with Gasteiger partial charge in [0.05, 0.1) is 6.04 Å². The molecule has 3 heteroatoms. The molecule has 3 nitrogen and oxygen atoms in total. The SMILES string of the molecule is CC1(C)CCC(NC2CCCNC2=O)C1. The van der Waals surface area contributed by atoms with Gasteiger partial charge in [0, 0.05) is 12.6 Å². The summed E-state index contributed by atoms with van der Waals surface area (Å²) < 4.78 is 0. The topological polar surface area (TPSA) is 41.1 Å². The molecule has 1 saturated carbocycles. The van der Waals surface area contributed by atoms with E-state index in [2.05, 4.69) is 24.5 Å². The normalized spacial score (nSPS) is 35.2. The van der Waals surface area contributed by atoms with Crippen LogP contribution < -0.4 is 10.6 Å². The number of amides is 1. The lowest BCUT2D eigenvalue weighted by atomic mass is 9.91. The Hall–Kier alpha value is -0.570. The molecule has 1 saturated heterocycles. The fourth-order valence-electron chi connectivity index (χ4n) is 2.79. The van der Waals surface area contributed by atoms with E-state index in [9.17, 15) is 4.79 Å². The van der Waals surface area contributed by atoms with Crippen LogP contribution in [0.3, 0.4) is 0 Å². The molecular formula is C12H22N2O. The van der Waals surface area contributed by atoms with E-state index in [0.29, 0.717) is 11.5 Å². The summed E-state index contributed by atoms with van der Waals surface area (Å²) >= 11 is 0. The van der Waals surface area contributed by atoms with Crippen LogP contribution in [-0.4, -0.2) is 24.5 Å². The Balaban J connectivity index is 1.84. The third kappa shape index (κ3) is 2.71. The maximum Gasteiger partial charge on any atom is 0.237 e. The quantitative estimate of drug-likeness (QED) is 0.724. The van der Waals surface area contributed by atoms with Crippen molar-refractivity contribution in [2.24, 2.45) is 5.41 Å². The van der Waals surface area contributed by atoms with E-state index in [4.69, 9.17) is 0 Å². The van der Waals surface area contributed by atoms with Crippen molar-refractivity contribution in [2.75, 3.05) is 6.54 Å². The smallest absolute Gasteiger partial charge is 0.237 e. The first-order valence-electron chi connectivity index (χ1n) is 6.11. The average Bonchev–Trinajstić information content (AvgIpc) is 2.50. The lowest BCUT2D eigenvalue weighted by Crippen LogP contribution is -2.51. The van der Waals surface area contributed by atoms with Crippen LogP contribution in [0.5, 0.6) is 0 Å². The van der Waals surface area contributed by atoms with Gasteiger partial charge in [0.1, 0.15) is 0 Å². The maximum atomic E-state index is 11.6. The van der Waals surface area contributed by atoms with Crippen LogP contribution in [0.15, 0.2) is 0 Å². The van der Waals surface area contributed by atoms with Crippen LogP contribution in [-0.2, 0) is 4.79 Å². The molecule has 86 valence electrons. The van der Waals surface area contributed by atoms with Crippen LogP contribution in [0, 0.1) is 5.41 Å². The van der Waals surface area contributed by atoms with Gasteiger partial charge >= 0.3 is 0 Å². The minimum absolute atomic E-state index is 0.0673. The fourth-order valence-corrected chi connectivity index (χ4v) is 2.79. The van der Waals surface area contributed by atoms with Crippen molar-refractivity contribution in [2.45, 2.75) is 58.0 Å². The monoisotopic (exact) mass is 210 g/mol. The van der Waals surface area contributed by atoms with Gasteiger partial charge in [-0.05, 0) is 37.5 Å². The molecule has 1 aliphatic carbocycles. The molecule has 0 radical (unpaired) electrons. The Kier molecular flexibility index (Phi) is 3.01. The van der Waals surface area contributed by atoms with Crippen molar-refractivity contribution in [1.29, 1.82) is 0 Å². The van der Waals surface area contributed by atoms with E-state index in [1.54, 1.807) is 0 Å². The average molecular weight is 210 g/mol. The van der Waals surface area contributed by atoms with E-state index >= 15 is 0 Å². The molecule has 0 aromatic rings. The highest BCUT2D eigenvalue weighted by Gasteiger charge is 2.33. The van der Waals surface area contributed by atoms with Gasteiger partial charge in [0.25, 0.3) is 0 Å². The molecule has 0 bridgehead atoms. The number of carbonyl (C=O) groups is 1. The second-order valence-electron chi connectivity index (χ2n) is 5.76. The molecule has 0 aromatic heterocycles. The Morgan fingerprint density at radius 2 is 2.20 bits per heavy atom. The number of rotatable bonds is 2. The number of carbonyl (C=O) groups excluding carboxylic acids is 1. The summed E-state index contributed by atoms with van der Waals surface area (Å²) in [5, 5.41) is 6.44. The van der Waals surface area contributed by atoms with E-state index < -0.39 is 0 Å². The van der Waals surface area contributed by atoms with Crippen molar-refractivity contribution in [3.05, 3.63) is 0 Å². The highest BCUT2D eigenvalue weighted by Crippen LogP contribution is 2.37. The van der Waals surface area contributed by atoms with Gasteiger partial charge < -0.3 is 10.6 Å². The third-order valence-corrected chi connectivity index (χ3v) is 3.69. The lowest BCUT2D eigenvalue weighted by Gasteiger charge is -2.26. The molecule has 1 amide bonds. The predicted octanol–water partition coefficient (Wildman–Crippen LogP) is 1.43. The van der Waals surface area contributed by atoms with Gasteiger partial charge in [-0.15, -0.1) is 0 Å². The molecule has 2 atom stereocenters. The molecule has 2 N–H and O–H groups in total. The van der Waals surface area contributed by atoms with Crippen molar-refractivity contribution in [3.8, 4) is 0 Å². The highest BCUT2D eigenvalue weighted by molar-refractivity contribution is 5.82. The zero-order valence-corrected chi connectivity index (χ0v) is 9.81. The Labute approximate surface area is 92.0 Å². The van der Waals surface area contributed by atoms with E-state index in [-0.39, 0.29) is 11.9 Å². The maximum absolute atomic E-state index is 11.6. The van der Waals surface area contributed by atoms with Crippen molar-refractivity contribution in [3.63, 3.8) is 0 Å². The zero-order valence-electron chi connectivity index (χ0n) is 9.81. The second kappa shape index (κ2) is 4.12. The number of hydrogen-bond donors (Lipinski definition) is 2. The first-order chi connectivity index (χ1) is 7.07. The number of hydrogen-bond acceptors (Lipinski definition) is 2. The first kappa shape index (κ1) is 10.9. The molecular weight excluding hydrogens is 188 g/mol. The van der Waals surface area contributed by atoms with Gasteiger partial charge in [0.2, 0.25) is 5.91 Å². The van der Waals surface area contributed by atoms with Crippen LogP contribution in [0.2, 0.25) is 0 Å². The van der Waals surface area contributed by atoms with Crippen molar-refractivity contribution in [1.82, 2.24) is 10.6 Å². The van der Waals surface area contributed by atoms with E-state index in [1.807, 2.05) is 0 Å². The van der Waals surface area contributed by atoms with Crippen LogP contribution >= 0.6 is 0 Å². The molecule has 1 aliphatic heterocycles. The van der Waals surface area contributed by atoms with Crippen LogP contribution in [0.4, 0.5) is 0 Å². The van der Waals surface area contributed by atoms with Gasteiger partial charge in [-0.3, -0.25) is 4.79 Å². The van der Waals surface area contributed by atoms with Crippen LogP contribution in [0.25, 0.3) is 0 Å². The summed E-state index contributed by atoms with van der Waals surface area (Å²) in [6, 6.07) is 0.617. The van der Waals surface area contributed by atoms with Crippen molar-refractivity contribution < 1.29 is 4.79 Å². The standard InChI is InChI=1S/C12H22N2O/c1-12(2)6-5-9(8-12)14-10-4-3-7-13-11(10)15/h9-10,14H,3-8H2,1-2H3,(H,13,15). The van der Waals surface area contributed by atoms with E-state index in [1.165, 1.54) is 19.3 Å². The minimum Gasteiger partial charge on any atom is -0.355 e.